The van der Waals surface area contributed by atoms with Crippen LogP contribution in [-0.4, -0.2) is 35.8 Å². The van der Waals surface area contributed by atoms with Crippen LogP contribution in [0.25, 0.3) is 11.1 Å². The molecular weight excluding hydrogens is 365 g/mol. The summed E-state index contributed by atoms with van der Waals surface area (Å²) in [6, 6.07) is 11.5. The van der Waals surface area contributed by atoms with Gasteiger partial charge in [0.25, 0.3) is 0 Å². The summed E-state index contributed by atoms with van der Waals surface area (Å²) in [6.45, 7) is 1.69. The smallest absolute Gasteiger partial charge is 0.413 e. The highest BCUT2D eigenvalue weighted by Gasteiger charge is 2.46. The van der Waals surface area contributed by atoms with Crippen LogP contribution in [0.15, 0.2) is 36.4 Å². The molecule has 0 spiro atoms. The van der Waals surface area contributed by atoms with Gasteiger partial charge in [0.05, 0.1) is 24.7 Å². The molecule has 0 saturated carbocycles. The van der Waals surface area contributed by atoms with Gasteiger partial charge < -0.3 is 14.8 Å². The van der Waals surface area contributed by atoms with Gasteiger partial charge in [-0.2, -0.15) is 5.26 Å². The monoisotopic (exact) mass is 381 g/mol. The molecule has 0 radical (unpaired) electrons. The van der Waals surface area contributed by atoms with Gasteiger partial charge in [-0.15, -0.1) is 0 Å². The third-order valence-electron chi connectivity index (χ3n) is 4.73. The fourth-order valence-corrected chi connectivity index (χ4v) is 3.33. The maximum atomic E-state index is 14.7. The number of hydrogen-bond acceptors (Lipinski definition) is 5. The number of nitrogens with one attached hydrogen (secondary N) is 1. The molecule has 2 amide bonds. The van der Waals surface area contributed by atoms with Crippen LogP contribution < -0.4 is 10.1 Å². The molecule has 2 aromatic carbocycles. The van der Waals surface area contributed by atoms with E-state index in [9.17, 15) is 14.0 Å². The van der Waals surface area contributed by atoms with Crippen molar-refractivity contribution >= 4 is 12.0 Å². The van der Waals surface area contributed by atoms with Crippen molar-refractivity contribution in [2.45, 2.75) is 25.8 Å². The molecule has 4 rings (SSSR count). The lowest BCUT2D eigenvalue weighted by molar-refractivity contribution is -0.119. The van der Waals surface area contributed by atoms with Crippen molar-refractivity contribution in [1.29, 1.82) is 5.26 Å². The Bertz CT molecular complexity index is 1000. The first-order valence-electron chi connectivity index (χ1n) is 8.67. The first-order chi connectivity index (χ1) is 13.5. The topological polar surface area (TPSA) is 91.7 Å². The summed E-state index contributed by atoms with van der Waals surface area (Å²) in [5.41, 5.74) is 2.11. The molecular formula is C20H16FN3O4. The fourth-order valence-electron chi connectivity index (χ4n) is 3.33. The lowest BCUT2D eigenvalue weighted by Crippen LogP contribution is -2.47. The van der Waals surface area contributed by atoms with Gasteiger partial charge in [-0.1, -0.05) is 12.1 Å². The van der Waals surface area contributed by atoms with Crippen LogP contribution in [0.4, 0.5) is 9.18 Å². The summed E-state index contributed by atoms with van der Waals surface area (Å²) >= 11 is 0. The van der Waals surface area contributed by atoms with E-state index in [1.807, 2.05) is 6.07 Å². The number of rotatable bonds is 3. The first-order valence-corrected chi connectivity index (χ1v) is 8.67. The molecule has 8 heteroatoms. The average molecular weight is 381 g/mol. The van der Waals surface area contributed by atoms with E-state index in [2.05, 4.69) is 5.32 Å². The number of fused-ring (bicyclic) bond motifs is 2. The van der Waals surface area contributed by atoms with E-state index in [1.54, 1.807) is 30.3 Å². The summed E-state index contributed by atoms with van der Waals surface area (Å²) < 4.78 is 25.8. The number of halogens is 1. The molecule has 1 fully saturated rings. The lowest BCUT2D eigenvalue weighted by Gasteiger charge is -2.31. The summed E-state index contributed by atoms with van der Waals surface area (Å²) in [5.74, 6) is -0.383. The van der Waals surface area contributed by atoms with E-state index in [1.165, 1.54) is 17.9 Å². The average Bonchev–Trinajstić information content (AvgIpc) is 2.99. The normalized spacial score (nSPS) is 19.8. The quantitative estimate of drug-likeness (QED) is 0.882. The van der Waals surface area contributed by atoms with E-state index in [4.69, 9.17) is 14.7 Å². The number of carbonyl (C=O) groups is 2. The Labute approximate surface area is 160 Å². The summed E-state index contributed by atoms with van der Waals surface area (Å²) in [4.78, 5) is 24.7. The Morgan fingerprint density at radius 3 is 2.75 bits per heavy atom. The van der Waals surface area contributed by atoms with Gasteiger partial charge in [0.15, 0.2) is 6.10 Å². The van der Waals surface area contributed by atoms with Gasteiger partial charge in [0.2, 0.25) is 12.1 Å². The Hall–Kier alpha value is -3.60. The Balaban J connectivity index is 1.63. The van der Waals surface area contributed by atoms with Gasteiger partial charge in [0, 0.05) is 24.1 Å². The molecule has 1 N–H and O–H groups in total. The summed E-state index contributed by atoms with van der Waals surface area (Å²) in [5, 5.41) is 11.5. The van der Waals surface area contributed by atoms with E-state index in [0.29, 0.717) is 28.0 Å². The second-order valence-corrected chi connectivity index (χ2v) is 6.62. The van der Waals surface area contributed by atoms with Crippen molar-refractivity contribution in [3.05, 3.63) is 53.3 Å². The van der Waals surface area contributed by atoms with Crippen molar-refractivity contribution in [3.63, 3.8) is 0 Å². The number of benzene rings is 2. The molecule has 0 unspecified atom stereocenters. The zero-order valence-corrected chi connectivity index (χ0v) is 14.9. The minimum absolute atomic E-state index is 0.114. The van der Waals surface area contributed by atoms with E-state index >= 15 is 0 Å². The Morgan fingerprint density at radius 2 is 2.07 bits per heavy atom. The predicted octanol–water partition coefficient (Wildman–Crippen LogP) is 2.54. The number of amides is 2. The van der Waals surface area contributed by atoms with Crippen molar-refractivity contribution < 1.29 is 23.5 Å². The summed E-state index contributed by atoms with van der Waals surface area (Å²) in [7, 11) is 0. The van der Waals surface area contributed by atoms with Crippen molar-refractivity contribution in [1.82, 2.24) is 10.2 Å². The molecule has 28 heavy (non-hydrogen) atoms. The molecule has 142 valence electrons. The van der Waals surface area contributed by atoms with Gasteiger partial charge >= 0.3 is 6.09 Å². The Morgan fingerprint density at radius 1 is 1.32 bits per heavy atom. The largest absolute Gasteiger partial charge is 0.466 e. The molecule has 2 aliphatic rings. The zero-order valence-electron chi connectivity index (χ0n) is 14.9. The number of hydrogen-bond donors (Lipinski definition) is 1. The van der Waals surface area contributed by atoms with Crippen LogP contribution in [0.2, 0.25) is 0 Å². The number of carbonyl (C=O) groups excluding carboxylic acids is 2. The van der Waals surface area contributed by atoms with Gasteiger partial charge in [-0.05, 0) is 23.8 Å². The zero-order chi connectivity index (χ0) is 19.8. The van der Waals surface area contributed by atoms with Gasteiger partial charge in [0.1, 0.15) is 11.6 Å². The third kappa shape index (κ3) is 3.11. The molecule has 0 aromatic heterocycles. The molecule has 1 saturated heterocycles. The molecule has 0 bridgehead atoms. The van der Waals surface area contributed by atoms with Crippen molar-refractivity contribution in [2.75, 3.05) is 6.54 Å². The van der Waals surface area contributed by atoms with Crippen LogP contribution in [0, 0.1) is 17.1 Å². The first kappa shape index (κ1) is 17.8. The Kier molecular flexibility index (Phi) is 4.35. The van der Waals surface area contributed by atoms with Crippen LogP contribution in [0.3, 0.4) is 0 Å². The van der Waals surface area contributed by atoms with Gasteiger partial charge in [-0.25, -0.2) is 9.18 Å². The lowest BCUT2D eigenvalue weighted by atomic mass is 9.99. The molecule has 2 aliphatic heterocycles. The molecule has 2 aromatic rings. The van der Waals surface area contributed by atoms with Crippen LogP contribution in [-0.2, 0) is 16.1 Å². The number of nitrogens with zero attached hydrogens (tertiary/aromatic N) is 2. The maximum Gasteiger partial charge on any atom is 0.413 e. The predicted molar refractivity (Wildman–Crippen MR) is 95.5 cm³/mol. The number of ether oxygens (including phenoxy) is 2. The highest BCUT2D eigenvalue weighted by molar-refractivity contribution is 5.74. The molecule has 0 aliphatic carbocycles. The van der Waals surface area contributed by atoms with E-state index < -0.39 is 24.2 Å². The maximum absolute atomic E-state index is 14.7. The standard InChI is InChI=1S/C20H16FN3O4/c1-11(25)23-9-18-19-24(20(26)28-18)10-14-6-15(16(21)7-17(14)27-19)13-4-2-12(8-22)3-5-13/h2-7,18-19H,9-10H2,1H3,(H,23,25)/t18-,19-/m0/s1. The molecule has 7 nitrogen and oxygen atoms in total. The van der Waals surface area contributed by atoms with Gasteiger partial charge in [-0.3, -0.25) is 9.69 Å². The second kappa shape index (κ2) is 6.85. The minimum Gasteiger partial charge on any atom is -0.466 e. The van der Waals surface area contributed by atoms with Crippen LogP contribution >= 0.6 is 0 Å². The highest BCUT2D eigenvalue weighted by atomic mass is 19.1. The second-order valence-electron chi connectivity index (χ2n) is 6.62. The SMILES string of the molecule is CC(=O)NC[C@@H]1OC(=O)N2Cc3cc(-c4ccc(C#N)cc4)c(F)cc3O[C@@H]12. The number of nitriles is 1. The third-order valence-corrected chi connectivity index (χ3v) is 4.73. The van der Waals surface area contributed by atoms with Crippen molar-refractivity contribution in [3.8, 4) is 22.9 Å². The van der Waals surface area contributed by atoms with E-state index in [0.717, 1.165) is 0 Å². The molecule has 2 heterocycles. The molecule has 2 atom stereocenters. The van der Waals surface area contributed by atoms with Crippen LogP contribution in [0.5, 0.6) is 5.75 Å². The highest BCUT2D eigenvalue weighted by Crippen LogP contribution is 2.37. The minimum atomic E-state index is -0.730. The van der Waals surface area contributed by atoms with Crippen LogP contribution in [0.1, 0.15) is 18.1 Å². The van der Waals surface area contributed by atoms with E-state index in [-0.39, 0.29) is 19.0 Å². The fraction of sp³-hybridized carbons (Fsp3) is 0.250. The van der Waals surface area contributed by atoms with Crippen molar-refractivity contribution in [2.24, 2.45) is 0 Å². The number of cyclic esters (lactones) is 1. The summed E-state index contributed by atoms with van der Waals surface area (Å²) in [6.07, 6.45) is -1.95.